The number of hydrogen-bond donors (Lipinski definition) is 2. The molecule has 1 aliphatic rings. The van der Waals surface area contributed by atoms with Crippen molar-refractivity contribution in [1.29, 1.82) is 0 Å². The number of ether oxygens (including phenoxy) is 2. The zero-order valence-electron chi connectivity index (χ0n) is 12.3. The number of aryl methyl sites for hydroxylation is 1. The minimum atomic E-state index is 0.245. The molecule has 10 heteroatoms. The zero-order chi connectivity index (χ0) is 16.7. The first-order valence-corrected chi connectivity index (χ1v) is 9.75. The van der Waals surface area contributed by atoms with Crippen molar-refractivity contribution >= 4 is 60.6 Å². The molecule has 0 atom stereocenters. The number of fused-ring (bicyclic) bond motifs is 2. The molecule has 0 fully saturated rings. The molecule has 0 saturated heterocycles. The normalized spacial score (nSPS) is 12.9. The van der Waals surface area contributed by atoms with Crippen molar-refractivity contribution < 1.29 is 14.0 Å². The molecule has 0 saturated carbocycles. The Balaban J connectivity index is 1.73. The summed E-state index contributed by atoms with van der Waals surface area (Å²) in [6.07, 6.45) is 1.70. The Labute approximate surface area is 158 Å². The van der Waals surface area contributed by atoms with Crippen LogP contribution in [-0.2, 0) is 6.54 Å². The maximum absolute atomic E-state index is 5.97. The number of benzene rings is 1. The molecule has 124 valence electrons. The summed E-state index contributed by atoms with van der Waals surface area (Å²) in [5, 5.41) is 1.54. The summed E-state index contributed by atoms with van der Waals surface area (Å²) < 4.78 is 13.7. The van der Waals surface area contributed by atoms with E-state index in [1.54, 1.807) is 6.33 Å². The van der Waals surface area contributed by atoms with Gasteiger partial charge in [0.1, 0.15) is 0 Å². The van der Waals surface area contributed by atoms with Gasteiger partial charge < -0.3 is 20.2 Å². The van der Waals surface area contributed by atoms with Crippen molar-refractivity contribution in [1.82, 2.24) is 15.0 Å². The van der Waals surface area contributed by atoms with E-state index in [4.69, 9.17) is 15.2 Å². The summed E-state index contributed by atoms with van der Waals surface area (Å²) in [4.78, 5) is 13.1. The lowest BCUT2D eigenvalue weighted by atomic mass is 10.3. The van der Waals surface area contributed by atoms with Crippen LogP contribution in [0.2, 0.25) is 0 Å². The fourth-order valence-electron chi connectivity index (χ4n) is 2.36. The number of aromatic nitrogens is 4. The predicted molar refractivity (Wildman–Crippen MR) is 96.7 cm³/mol. The van der Waals surface area contributed by atoms with Crippen LogP contribution >= 0.6 is 43.6 Å². The molecule has 24 heavy (non-hydrogen) atoms. The Morgan fingerprint density at radius 1 is 1.33 bits per heavy atom. The third kappa shape index (κ3) is 2.82. The third-order valence-electron chi connectivity index (χ3n) is 3.49. The average molecular weight is 474 g/mol. The lowest BCUT2D eigenvalue weighted by Crippen LogP contribution is -2.36. The van der Waals surface area contributed by atoms with Gasteiger partial charge in [-0.2, -0.15) is 0 Å². The molecule has 0 amide bonds. The standard InChI is InChI=1S/C14H11Br2N5O2S/c15-1-2-21-5-18-12(17)11-13(21)20-14(19-11)24-10-4-9-8(3-7(10)16)22-6-23-9/h3-5H,1-2,6H2,(H2,17,19,20)/p+1. The first kappa shape index (κ1) is 16.0. The molecule has 0 radical (unpaired) electrons. The van der Waals surface area contributed by atoms with Gasteiger partial charge in [-0.1, -0.05) is 25.9 Å². The Bertz CT molecular complexity index is 933. The maximum Gasteiger partial charge on any atom is 0.294 e. The van der Waals surface area contributed by atoms with Crippen molar-refractivity contribution in [3.63, 3.8) is 0 Å². The summed E-state index contributed by atoms with van der Waals surface area (Å²) in [7, 11) is 0. The van der Waals surface area contributed by atoms with Crippen LogP contribution in [0.3, 0.4) is 0 Å². The van der Waals surface area contributed by atoms with Crippen LogP contribution in [0, 0.1) is 0 Å². The van der Waals surface area contributed by atoms with Gasteiger partial charge >= 0.3 is 0 Å². The average Bonchev–Trinajstić information content (AvgIpc) is 3.18. The van der Waals surface area contributed by atoms with Crippen LogP contribution in [0.5, 0.6) is 11.5 Å². The van der Waals surface area contributed by atoms with E-state index in [0.717, 1.165) is 49.1 Å². The molecular formula is C14H12Br2N5O2S+. The Morgan fingerprint density at radius 2 is 2.12 bits per heavy atom. The first-order valence-electron chi connectivity index (χ1n) is 7.02. The number of aromatic amines is 1. The van der Waals surface area contributed by atoms with Gasteiger partial charge in [0, 0.05) is 14.7 Å². The number of imidazole rings is 1. The van der Waals surface area contributed by atoms with Gasteiger partial charge in [0.15, 0.2) is 17.0 Å². The predicted octanol–water partition coefficient (Wildman–Crippen LogP) is 2.86. The summed E-state index contributed by atoms with van der Waals surface area (Å²) in [6, 6.07) is 3.83. The van der Waals surface area contributed by atoms with Crippen LogP contribution in [-0.4, -0.2) is 27.1 Å². The van der Waals surface area contributed by atoms with E-state index in [1.165, 1.54) is 11.8 Å². The smallest absolute Gasteiger partial charge is 0.294 e. The van der Waals surface area contributed by atoms with Crippen LogP contribution in [0.15, 0.2) is 33.0 Å². The Kier molecular flexibility index (Phi) is 4.27. The number of halogens is 2. The highest BCUT2D eigenvalue weighted by molar-refractivity contribution is 9.10. The van der Waals surface area contributed by atoms with E-state index in [1.807, 2.05) is 16.7 Å². The van der Waals surface area contributed by atoms with Gasteiger partial charge in [0.05, 0.1) is 6.54 Å². The number of H-pyrrole nitrogens is 1. The first-order chi connectivity index (χ1) is 11.7. The number of nitrogens with zero attached hydrogens (tertiary/aromatic N) is 3. The molecule has 0 unspecified atom stereocenters. The number of nitrogens with two attached hydrogens (primary N) is 1. The van der Waals surface area contributed by atoms with Crippen LogP contribution in [0.1, 0.15) is 0 Å². The number of anilines is 1. The van der Waals surface area contributed by atoms with Crippen molar-refractivity contribution in [3.05, 3.63) is 22.9 Å². The van der Waals surface area contributed by atoms with Gasteiger partial charge in [-0.05, 0) is 39.8 Å². The Hall–Kier alpha value is -1.52. The van der Waals surface area contributed by atoms with E-state index in [0.29, 0.717) is 5.82 Å². The maximum atomic E-state index is 5.97. The molecule has 3 aromatic rings. The van der Waals surface area contributed by atoms with E-state index >= 15 is 0 Å². The molecule has 3 N–H and O–H groups in total. The number of rotatable bonds is 4. The summed E-state index contributed by atoms with van der Waals surface area (Å²) in [6.45, 7) is 1.00. The van der Waals surface area contributed by atoms with Crippen LogP contribution in [0.25, 0.3) is 11.2 Å². The molecule has 2 aromatic heterocycles. The molecule has 3 heterocycles. The molecule has 0 aliphatic carbocycles. The van der Waals surface area contributed by atoms with E-state index < -0.39 is 0 Å². The molecule has 1 aliphatic heterocycles. The summed E-state index contributed by atoms with van der Waals surface area (Å²) in [5.41, 5.74) is 7.48. The lowest BCUT2D eigenvalue weighted by Gasteiger charge is -2.02. The fraction of sp³-hybridized carbons (Fsp3) is 0.214. The van der Waals surface area contributed by atoms with E-state index in [2.05, 4.69) is 46.8 Å². The van der Waals surface area contributed by atoms with Gasteiger partial charge in [0.25, 0.3) is 5.65 Å². The van der Waals surface area contributed by atoms with Gasteiger partial charge in [-0.25, -0.2) is 4.57 Å². The SMILES string of the molecule is Nc1nc[n+](CCBr)c2nc(Sc3cc4c(cc3Br)OCO4)[nH]c12. The molecule has 0 spiro atoms. The van der Waals surface area contributed by atoms with Gasteiger partial charge in [0.2, 0.25) is 24.1 Å². The lowest BCUT2D eigenvalue weighted by molar-refractivity contribution is -0.671. The van der Waals surface area contributed by atoms with Crippen LogP contribution < -0.4 is 19.8 Å². The molecule has 7 nitrogen and oxygen atoms in total. The second-order valence-corrected chi connectivity index (χ2v) is 7.67. The molecule has 0 bridgehead atoms. The van der Waals surface area contributed by atoms with Crippen molar-refractivity contribution in [2.24, 2.45) is 0 Å². The van der Waals surface area contributed by atoms with E-state index in [9.17, 15) is 0 Å². The van der Waals surface area contributed by atoms with E-state index in [-0.39, 0.29) is 6.79 Å². The van der Waals surface area contributed by atoms with Crippen molar-refractivity contribution in [2.75, 3.05) is 17.9 Å². The second kappa shape index (κ2) is 6.41. The highest BCUT2D eigenvalue weighted by atomic mass is 79.9. The monoisotopic (exact) mass is 472 g/mol. The minimum Gasteiger partial charge on any atom is -0.454 e. The second-order valence-electron chi connectivity index (χ2n) is 4.99. The van der Waals surface area contributed by atoms with Crippen molar-refractivity contribution in [2.45, 2.75) is 16.6 Å². The summed E-state index contributed by atoms with van der Waals surface area (Å²) in [5.74, 6) is 1.90. The van der Waals surface area contributed by atoms with Crippen LogP contribution in [0.4, 0.5) is 5.82 Å². The molecule has 4 rings (SSSR count). The number of nitrogens with one attached hydrogen (secondary N) is 1. The zero-order valence-corrected chi connectivity index (χ0v) is 16.2. The quantitative estimate of drug-likeness (QED) is 0.447. The molecule has 1 aromatic carbocycles. The highest BCUT2D eigenvalue weighted by Gasteiger charge is 2.21. The Morgan fingerprint density at radius 3 is 2.92 bits per heavy atom. The topological polar surface area (TPSA) is 89.9 Å². The molecular weight excluding hydrogens is 462 g/mol. The number of nitrogen functional groups attached to an aromatic ring is 1. The fourth-order valence-corrected chi connectivity index (χ4v) is 4.13. The summed E-state index contributed by atoms with van der Waals surface area (Å²) >= 11 is 8.48. The number of hydrogen-bond acceptors (Lipinski definition) is 6. The van der Waals surface area contributed by atoms with Gasteiger partial charge in [-0.15, -0.1) is 0 Å². The third-order valence-corrected chi connectivity index (χ3v) is 5.70. The number of alkyl halides is 1. The van der Waals surface area contributed by atoms with Crippen molar-refractivity contribution in [3.8, 4) is 11.5 Å². The highest BCUT2D eigenvalue weighted by Crippen LogP contribution is 2.42. The minimum absolute atomic E-state index is 0.245. The largest absolute Gasteiger partial charge is 0.454 e. The van der Waals surface area contributed by atoms with Gasteiger partial charge in [-0.3, -0.25) is 0 Å².